The summed E-state index contributed by atoms with van der Waals surface area (Å²) in [7, 11) is 0. The molecule has 1 rings (SSSR count). The number of rotatable bonds is 7. The Morgan fingerprint density at radius 3 is 2.94 bits per heavy atom. The number of carbonyl (C=O) groups excluding carboxylic acids is 1. The molecule has 1 saturated heterocycles. The van der Waals surface area contributed by atoms with Gasteiger partial charge in [0.15, 0.2) is 0 Å². The van der Waals surface area contributed by atoms with Gasteiger partial charge in [-0.25, -0.2) is 0 Å². The van der Waals surface area contributed by atoms with Crippen LogP contribution in [-0.2, 0) is 9.53 Å². The third-order valence-corrected chi connectivity index (χ3v) is 3.59. The van der Waals surface area contributed by atoms with Gasteiger partial charge < -0.3 is 10.1 Å². The third-order valence-electron chi connectivity index (χ3n) is 3.59. The van der Waals surface area contributed by atoms with Crippen molar-refractivity contribution in [3.63, 3.8) is 0 Å². The standard InChI is InChI=1S/C14H28N2O2/c1-4-8-15-10-13-7-6-9-16(11-13)12(3)14(17)18-5-2/h12-13,15H,4-11H2,1-3H3. The first-order valence-corrected chi connectivity index (χ1v) is 7.30. The molecule has 0 saturated carbocycles. The summed E-state index contributed by atoms with van der Waals surface area (Å²) < 4.78 is 5.09. The molecule has 4 nitrogen and oxygen atoms in total. The lowest BCUT2D eigenvalue weighted by atomic mass is 9.96. The van der Waals surface area contributed by atoms with Crippen molar-refractivity contribution in [3.05, 3.63) is 0 Å². The monoisotopic (exact) mass is 256 g/mol. The molecule has 2 unspecified atom stereocenters. The van der Waals surface area contributed by atoms with Gasteiger partial charge in [0.2, 0.25) is 0 Å². The van der Waals surface area contributed by atoms with Gasteiger partial charge in [-0.3, -0.25) is 9.69 Å². The van der Waals surface area contributed by atoms with Crippen molar-refractivity contribution >= 4 is 5.97 Å². The van der Waals surface area contributed by atoms with Crippen molar-refractivity contribution < 1.29 is 9.53 Å². The van der Waals surface area contributed by atoms with Gasteiger partial charge in [-0.05, 0) is 58.7 Å². The summed E-state index contributed by atoms with van der Waals surface area (Å²) in [6, 6.07) is -0.0982. The van der Waals surface area contributed by atoms with E-state index in [2.05, 4.69) is 17.1 Å². The number of ether oxygens (including phenoxy) is 1. The van der Waals surface area contributed by atoms with Crippen molar-refractivity contribution in [2.45, 2.75) is 46.1 Å². The average Bonchev–Trinajstić information content (AvgIpc) is 2.39. The highest BCUT2D eigenvalue weighted by Gasteiger charge is 2.27. The quantitative estimate of drug-likeness (QED) is 0.555. The Kier molecular flexibility index (Phi) is 7.28. The Morgan fingerprint density at radius 2 is 2.28 bits per heavy atom. The van der Waals surface area contributed by atoms with Crippen LogP contribution in [-0.4, -0.2) is 49.7 Å². The van der Waals surface area contributed by atoms with Gasteiger partial charge >= 0.3 is 5.97 Å². The van der Waals surface area contributed by atoms with Crippen LogP contribution < -0.4 is 5.32 Å². The second-order valence-electron chi connectivity index (χ2n) is 5.14. The minimum absolute atomic E-state index is 0.0836. The molecular formula is C14H28N2O2. The van der Waals surface area contributed by atoms with E-state index in [9.17, 15) is 4.79 Å². The molecule has 0 bridgehead atoms. The molecule has 0 aromatic carbocycles. The van der Waals surface area contributed by atoms with Crippen molar-refractivity contribution in [1.82, 2.24) is 10.2 Å². The van der Waals surface area contributed by atoms with E-state index in [1.807, 2.05) is 13.8 Å². The molecule has 1 heterocycles. The number of carbonyl (C=O) groups is 1. The van der Waals surface area contributed by atoms with E-state index >= 15 is 0 Å². The van der Waals surface area contributed by atoms with Gasteiger partial charge in [-0.1, -0.05) is 6.92 Å². The molecule has 0 spiro atoms. The molecule has 0 radical (unpaired) electrons. The summed E-state index contributed by atoms with van der Waals surface area (Å²) >= 11 is 0. The molecule has 1 fully saturated rings. The first kappa shape index (κ1) is 15.4. The first-order chi connectivity index (χ1) is 8.69. The third kappa shape index (κ3) is 4.94. The summed E-state index contributed by atoms with van der Waals surface area (Å²) in [4.78, 5) is 14.0. The molecule has 1 aliphatic rings. The zero-order valence-electron chi connectivity index (χ0n) is 12.1. The van der Waals surface area contributed by atoms with Gasteiger partial charge in [0.1, 0.15) is 6.04 Å². The van der Waals surface area contributed by atoms with Crippen LogP contribution in [0.4, 0.5) is 0 Å². The molecule has 106 valence electrons. The van der Waals surface area contributed by atoms with Gasteiger partial charge in [-0.2, -0.15) is 0 Å². The van der Waals surface area contributed by atoms with Crippen LogP contribution in [0, 0.1) is 5.92 Å². The zero-order chi connectivity index (χ0) is 13.4. The number of hydrogen-bond acceptors (Lipinski definition) is 4. The topological polar surface area (TPSA) is 41.6 Å². The maximum atomic E-state index is 11.7. The fourth-order valence-corrected chi connectivity index (χ4v) is 2.51. The number of likely N-dealkylation sites (tertiary alicyclic amines) is 1. The van der Waals surface area contributed by atoms with Crippen LogP contribution >= 0.6 is 0 Å². The van der Waals surface area contributed by atoms with E-state index in [0.29, 0.717) is 12.5 Å². The Balaban J connectivity index is 2.35. The minimum Gasteiger partial charge on any atom is -0.465 e. The fourth-order valence-electron chi connectivity index (χ4n) is 2.51. The Hall–Kier alpha value is -0.610. The normalized spacial score (nSPS) is 22.7. The molecule has 4 heteroatoms. The van der Waals surface area contributed by atoms with Crippen molar-refractivity contribution in [2.75, 3.05) is 32.8 Å². The lowest BCUT2D eigenvalue weighted by Gasteiger charge is -2.35. The molecule has 0 aromatic heterocycles. The number of nitrogens with zero attached hydrogens (tertiary/aromatic N) is 1. The van der Waals surface area contributed by atoms with Crippen LogP contribution in [0.5, 0.6) is 0 Å². The maximum absolute atomic E-state index is 11.7. The van der Waals surface area contributed by atoms with Crippen LogP contribution in [0.3, 0.4) is 0 Å². The fraction of sp³-hybridized carbons (Fsp3) is 0.929. The Bertz CT molecular complexity index is 246. The van der Waals surface area contributed by atoms with E-state index in [4.69, 9.17) is 4.74 Å². The maximum Gasteiger partial charge on any atom is 0.323 e. The van der Waals surface area contributed by atoms with Crippen molar-refractivity contribution in [1.29, 1.82) is 0 Å². The molecule has 0 aromatic rings. The largest absolute Gasteiger partial charge is 0.465 e. The van der Waals surface area contributed by atoms with E-state index < -0.39 is 0 Å². The van der Waals surface area contributed by atoms with Gasteiger partial charge in [-0.15, -0.1) is 0 Å². The molecule has 1 N–H and O–H groups in total. The molecule has 0 aliphatic carbocycles. The van der Waals surface area contributed by atoms with E-state index in [0.717, 1.165) is 26.2 Å². The van der Waals surface area contributed by atoms with Gasteiger partial charge in [0.25, 0.3) is 0 Å². The summed E-state index contributed by atoms with van der Waals surface area (Å²) in [6.45, 7) is 10.7. The Morgan fingerprint density at radius 1 is 1.50 bits per heavy atom. The number of nitrogens with one attached hydrogen (secondary N) is 1. The second kappa shape index (κ2) is 8.48. The summed E-state index contributed by atoms with van der Waals surface area (Å²) in [5.74, 6) is 0.585. The highest BCUT2D eigenvalue weighted by Crippen LogP contribution is 2.18. The second-order valence-corrected chi connectivity index (χ2v) is 5.14. The predicted molar refractivity (Wildman–Crippen MR) is 73.6 cm³/mol. The predicted octanol–water partition coefficient (Wildman–Crippen LogP) is 1.65. The molecule has 0 amide bonds. The average molecular weight is 256 g/mol. The lowest BCUT2D eigenvalue weighted by molar-refractivity contribution is -0.149. The van der Waals surface area contributed by atoms with Crippen LogP contribution in [0.2, 0.25) is 0 Å². The van der Waals surface area contributed by atoms with Crippen LogP contribution in [0.15, 0.2) is 0 Å². The van der Waals surface area contributed by atoms with Crippen LogP contribution in [0.1, 0.15) is 40.0 Å². The molecule has 2 atom stereocenters. The summed E-state index contributed by atoms with van der Waals surface area (Å²) in [6.07, 6.45) is 3.63. The van der Waals surface area contributed by atoms with Crippen LogP contribution in [0.25, 0.3) is 0 Å². The van der Waals surface area contributed by atoms with Crippen molar-refractivity contribution in [3.8, 4) is 0 Å². The highest BCUT2D eigenvalue weighted by molar-refractivity contribution is 5.75. The Labute approximate surface area is 111 Å². The van der Waals surface area contributed by atoms with Crippen molar-refractivity contribution in [2.24, 2.45) is 5.92 Å². The SMILES string of the molecule is CCCNCC1CCCN(C(C)C(=O)OCC)C1. The van der Waals surface area contributed by atoms with Gasteiger partial charge in [0.05, 0.1) is 6.61 Å². The first-order valence-electron chi connectivity index (χ1n) is 7.30. The van der Waals surface area contributed by atoms with Gasteiger partial charge in [0, 0.05) is 6.54 Å². The molecular weight excluding hydrogens is 228 g/mol. The van der Waals surface area contributed by atoms with E-state index in [1.54, 1.807) is 0 Å². The number of esters is 1. The number of piperidine rings is 1. The molecule has 1 aliphatic heterocycles. The van der Waals surface area contributed by atoms with E-state index in [-0.39, 0.29) is 12.0 Å². The zero-order valence-corrected chi connectivity index (χ0v) is 12.1. The van der Waals surface area contributed by atoms with E-state index in [1.165, 1.54) is 19.3 Å². The highest BCUT2D eigenvalue weighted by atomic mass is 16.5. The summed E-state index contributed by atoms with van der Waals surface area (Å²) in [5, 5.41) is 3.48. The number of hydrogen-bond donors (Lipinski definition) is 1. The lowest BCUT2D eigenvalue weighted by Crippen LogP contribution is -2.47. The molecule has 18 heavy (non-hydrogen) atoms. The summed E-state index contributed by atoms with van der Waals surface area (Å²) in [5.41, 5.74) is 0. The smallest absolute Gasteiger partial charge is 0.323 e. The minimum atomic E-state index is -0.0982.